The van der Waals surface area contributed by atoms with Gasteiger partial charge in [-0.05, 0) is 56.2 Å². The highest BCUT2D eigenvalue weighted by Gasteiger charge is 2.17. The summed E-state index contributed by atoms with van der Waals surface area (Å²) in [6.45, 7) is 6.66. The van der Waals surface area contributed by atoms with Gasteiger partial charge in [-0.15, -0.1) is 0 Å². The van der Waals surface area contributed by atoms with Crippen molar-refractivity contribution in [1.29, 1.82) is 5.41 Å². The van der Waals surface area contributed by atoms with Gasteiger partial charge in [0.05, 0.1) is 18.3 Å². The molecule has 0 saturated heterocycles. The zero-order chi connectivity index (χ0) is 18.3. The van der Waals surface area contributed by atoms with Crippen molar-refractivity contribution < 1.29 is 0 Å². The Morgan fingerprint density at radius 2 is 1.81 bits per heavy atom. The predicted octanol–water partition coefficient (Wildman–Crippen LogP) is 3.07. The van der Waals surface area contributed by atoms with Crippen LogP contribution in [0.5, 0.6) is 0 Å². The quantitative estimate of drug-likeness (QED) is 0.621. The third-order valence-electron chi connectivity index (χ3n) is 4.74. The second-order valence-corrected chi connectivity index (χ2v) is 6.46. The van der Waals surface area contributed by atoms with E-state index in [4.69, 9.17) is 5.41 Å². The average molecular weight is 344 g/mol. The van der Waals surface area contributed by atoms with E-state index in [1.807, 2.05) is 60.2 Å². The van der Waals surface area contributed by atoms with Crippen LogP contribution < -0.4 is 5.49 Å². The zero-order valence-electron chi connectivity index (χ0n) is 15.1. The maximum absolute atomic E-state index is 8.72. The molecule has 0 atom stereocenters. The SMILES string of the molecule is Cc1cccc(-n2c(C)c(C)c3c(=N)n(Cc4ccncc4)cnc32)n1. The van der Waals surface area contributed by atoms with Gasteiger partial charge in [-0.2, -0.15) is 0 Å². The lowest BCUT2D eigenvalue weighted by atomic mass is 10.2. The standard InChI is InChI=1S/C20H20N6/c1-13-5-4-6-17(24-13)26-15(3)14(2)18-19(21)25(12-23-20(18)26)11-16-7-9-22-10-8-16/h4-10,12,21H,11H2,1-3H3. The van der Waals surface area contributed by atoms with Crippen molar-refractivity contribution in [3.05, 3.63) is 77.1 Å². The number of hydrogen-bond acceptors (Lipinski definition) is 4. The monoisotopic (exact) mass is 344 g/mol. The largest absolute Gasteiger partial charge is 0.312 e. The summed E-state index contributed by atoms with van der Waals surface area (Å²) < 4.78 is 3.89. The first-order chi connectivity index (χ1) is 12.6. The molecule has 0 radical (unpaired) electrons. The molecule has 0 aliphatic heterocycles. The van der Waals surface area contributed by atoms with E-state index < -0.39 is 0 Å². The Kier molecular flexibility index (Phi) is 3.88. The molecule has 0 aliphatic rings. The molecule has 0 spiro atoms. The van der Waals surface area contributed by atoms with Crippen LogP contribution in [0, 0.1) is 26.2 Å². The summed E-state index contributed by atoms with van der Waals surface area (Å²) in [7, 11) is 0. The van der Waals surface area contributed by atoms with E-state index in [0.29, 0.717) is 12.0 Å². The molecule has 0 aromatic carbocycles. The van der Waals surface area contributed by atoms with Crippen LogP contribution in [0.3, 0.4) is 0 Å². The molecule has 1 N–H and O–H groups in total. The third-order valence-corrected chi connectivity index (χ3v) is 4.74. The number of nitrogens with one attached hydrogen (secondary N) is 1. The van der Waals surface area contributed by atoms with Crippen LogP contribution in [0.25, 0.3) is 16.9 Å². The van der Waals surface area contributed by atoms with Gasteiger partial charge in [0.25, 0.3) is 0 Å². The van der Waals surface area contributed by atoms with E-state index in [-0.39, 0.29) is 0 Å². The summed E-state index contributed by atoms with van der Waals surface area (Å²) >= 11 is 0. The summed E-state index contributed by atoms with van der Waals surface area (Å²) in [4.78, 5) is 13.4. The Morgan fingerprint density at radius 1 is 1.04 bits per heavy atom. The Morgan fingerprint density at radius 3 is 2.54 bits per heavy atom. The number of aryl methyl sites for hydroxylation is 2. The second kappa shape index (κ2) is 6.22. The molecule has 4 aromatic heterocycles. The molecule has 0 bridgehead atoms. The molecular weight excluding hydrogens is 324 g/mol. The number of nitrogens with zero attached hydrogens (tertiary/aromatic N) is 5. The Hall–Kier alpha value is -3.28. The van der Waals surface area contributed by atoms with E-state index >= 15 is 0 Å². The van der Waals surface area contributed by atoms with Gasteiger partial charge in [0.1, 0.15) is 11.3 Å². The lowest BCUT2D eigenvalue weighted by Gasteiger charge is -2.09. The Bertz CT molecular complexity index is 1150. The first-order valence-corrected chi connectivity index (χ1v) is 8.51. The molecule has 130 valence electrons. The lowest BCUT2D eigenvalue weighted by Crippen LogP contribution is -2.21. The normalized spacial score (nSPS) is 11.2. The average Bonchev–Trinajstić information content (AvgIpc) is 2.90. The van der Waals surface area contributed by atoms with Gasteiger partial charge >= 0.3 is 0 Å². The second-order valence-electron chi connectivity index (χ2n) is 6.46. The van der Waals surface area contributed by atoms with Gasteiger partial charge < -0.3 is 4.57 Å². The molecule has 4 rings (SSSR count). The minimum atomic E-state index is 0.457. The smallest absolute Gasteiger partial charge is 0.151 e. The molecule has 0 amide bonds. The van der Waals surface area contributed by atoms with Crippen molar-refractivity contribution >= 4 is 11.0 Å². The Labute approximate surface area is 151 Å². The zero-order valence-corrected chi connectivity index (χ0v) is 15.1. The third kappa shape index (κ3) is 2.60. The van der Waals surface area contributed by atoms with E-state index in [1.165, 1.54) is 0 Å². The summed E-state index contributed by atoms with van der Waals surface area (Å²) in [6.07, 6.45) is 5.26. The van der Waals surface area contributed by atoms with Gasteiger partial charge in [0.15, 0.2) is 5.65 Å². The van der Waals surface area contributed by atoms with Crippen LogP contribution in [0.15, 0.2) is 49.1 Å². The molecule has 0 aliphatic carbocycles. The minimum Gasteiger partial charge on any atom is -0.312 e. The fraction of sp³-hybridized carbons (Fsp3) is 0.200. The lowest BCUT2D eigenvalue weighted by molar-refractivity contribution is 0.720. The maximum Gasteiger partial charge on any atom is 0.151 e. The number of rotatable bonds is 3. The number of hydrogen-bond donors (Lipinski definition) is 1. The highest BCUT2D eigenvalue weighted by Crippen LogP contribution is 2.24. The molecule has 6 heteroatoms. The van der Waals surface area contributed by atoms with Crippen LogP contribution in [-0.2, 0) is 6.54 Å². The molecule has 0 unspecified atom stereocenters. The van der Waals surface area contributed by atoms with Crippen molar-refractivity contribution in [3.63, 3.8) is 0 Å². The summed E-state index contributed by atoms with van der Waals surface area (Å²) in [6, 6.07) is 9.85. The summed E-state index contributed by atoms with van der Waals surface area (Å²) in [5, 5.41) is 9.58. The van der Waals surface area contributed by atoms with Gasteiger partial charge in [0.2, 0.25) is 0 Å². The number of fused-ring (bicyclic) bond motifs is 1. The topological polar surface area (TPSA) is 72.4 Å². The fourth-order valence-corrected chi connectivity index (χ4v) is 3.26. The fourth-order valence-electron chi connectivity index (χ4n) is 3.26. The molecular formula is C20H20N6. The van der Waals surface area contributed by atoms with E-state index in [2.05, 4.69) is 15.0 Å². The van der Waals surface area contributed by atoms with Crippen LogP contribution in [0.2, 0.25) is 0 Å². The van der Waals surface area contributed by atoms with Crippen LogP contribution in [0.4, 0.5) is 0 Å². The summed E-state index contributed by atoms with van der Waals surface area (Å²) in [5.41, 5.74) is 5.39. The van der Waals surface area contributed by atoms with Crippen molar-refractivity contribution in [2.75, 3.05) is 0 Å². The molecule has 6 nitrogen and oxygen atoms in total. The highest BCUT2D eigenvalue weighted by molar-refractivity contribution is 5.82. The van der Waals surface area contributed by atoms with Crippen LogP contribution in [-0.4, -0.2) is 24.1 Å². The first kappa shape index (κ1) is 16.2. The first-order valence-electron chi connectivity index (χ1n) is 8.51. The van der Waals surface area contributed by atoms with Gasteiger partial charge in [0, 0.05) is 23.8 Å². The predicted molar refractivity (Wildman–Crippen MR) is 100 cm³/mol. The molecule has 0 fully saturated rings. The summed E-state index contributed by atoms with van der Waals surface area (Å²) in [5.74, 6) is 0.833. The Balaban J connectivity index is 1.91. The van der Waals surface area contributed by atoms with Gasteiger partial charge in [-0.25, -0.2) is 9.97 Å². The van der Waals surface area contributed by atoms with Crippen molar-refractivity contribution in [2.45, 2.75) is 27.3 Å². The minimum absolute atomic E-state index is 0.457. The number of pyridine rings is 2. The van der Waals surface area contributed by atoms with Crippen LogP contribution >= 0.6 is 0 Å². The molecule has 26 heavy (non-hydrogen) atoms. The maximum atomic E-state index is 8.72. The number of aromatic nitrogens is 5. The molecule has 0 saturated carbocycles. The van der Waals surface area contributed by atoms with Gasteiger partial charge in [-0.1, -0.05) is 6.07 Å². The van der Waals surface area contributed by atoms with Crippen molar-refractivity contribution in [2.24, 2.45) is 0 Å². The molecule has 4 heterocycles. The van der Waals surface area contributed by atoms with Crippen LogP contribution in [0.1, 0.15) is 22.5 Å². The van der Waals surface area contributed by atoms with E-state index in [0.717, 1.165) is 39.4 Å². The highest BCUT2D eigenvalue weighted by atomic mass is 15.1. The van der Waals surface area contributed by atoms with E-state index in [9.17, 15) is 0 Å². The van der Waals surface area contributed by atoms with E-state index in [1.54, 1.807) is 18.7 Å². The van der Waals surface area contributed by atoms with Crippen molar-refractivity contribution in [1.82, 2.24) is 24.1 Å². The van der Waals surface area contributed by atoms with Crippen molar-refractivity contribution in [3.8, 4) is 5.82 Å². The molecule has 4 aromatic rings. The van der Waals surface area contributed by atoms with Gasteiger partial charge in [-0.3, -0.25) is 15.0 Å².